The highest BCUT2D eigenvalue weighted by Crippen LogP contribution is 2.26. The minimum absolute atomic E-state index is 0.448. The molecule has 3 heteroatoms. The molecule has 104 valence electrons. The molecule has 3 nitrogen and oxygen atoms in total. The number of nitrogens with zero attached hydrogens (tertiary/aromatic N) is 2. The van der Waals surface area contributed by atoms with Crippen LogP contribution < -0.4 is 0 Å². The second kappa shape index (κ2) is 6.49. The van der Waals surface area contributed by atoms with E-state index in [-0.39, 0.29) is 0 Å². The zero-order chi connectivity index (χ0) is 12.9. The van der Waals surface area contributed by atoms with E-state index in [1.807, 2.05) is 12.3 Å². The van der Waals surface area contributed by atoms with Gasteiger partial charge in [-0.2, -0.15) is 0 Å². The number of ether oxygens (including phenoxy) is 1. The fourth-order valence-electron chi connectivity index (χ4n) is 3.36. The van der Waals surface area contributed by atoms with Crippen molar-refractivity contribution < 1.29 is 4.74 Å². The predicted molar refractivity (Wildman–Crippen MR) is 75.9 cm³/mol. The van der Waals surface area contributed by atoms with Gasteiger partial charge in [0.15, 0.2) is 0 Å². The summed E-state index contributed by atoms with van der Waals surface area (Å²) in [5, 5.41) is 0. The Morgan fingerprint density at radius 1 is 1.16 bits per heavy atom. The number of rotatable bonds is 5. The third-order valence-electron chi connectivity index (χ3n) is 4.39. The number of aromatic nitrogens is 1. The van der Waals surface area contributed by atoms with Crippen LogP contribution in [0.4, 0.5) is 0 Å². The molecule has 19 heavy (non-hydrogen) atoms. The van der Waals surface area contributed by atoms with Crippen LogP contribution in [-0.2, 0) is 11.3 Å². The maximum Gasteiger partial charge on any atom is 0.0703 e. The van der Waals surface area contributed by atoms with Gasteiger partial charge in [0.1, 0.15) is 0 Å². The van der Waals surface area contributed by atoms with E-state index in [0.29, 0.717) is 6.10 Å². The fourth-order valence-corrected chi connectivity index (χ4v) is 3.36. The fraction of sp³-hybridized carbons (Fsp3) is 0.688. The van der Waals surface area contributed by atoms with Crippen molar-refractivity contribution in [1.29, 1.82) is 0 Å². The van der Waals surface area contributed by atoms with Crippen LogP contribution in [-0.4, -0.2) is 35.2 Å². The van der Waals surface area contributed by atoms with E-state index >= 15 is 0 Å². The van der Waals surface area contributed by atoms with Crippen LogP contribution in [0.25, 0.3) is 0 Å². The van der Waals surface area contributed by atoms with Gasteiger partial charge >= 0.3 is 0 Å². The van der Waals surface area contributed by atoms with Crippen molar-refractivity contribution in [2.45, 2.75) is 57.2 Å². The molecule has 0 N–H and O–H groups in total. The average Bonchev–Trinajstić information content (AvgIpc) is 3.12. The molecule has 0 aromatic carbocycles. The van der Waals surface area contributed by atoms with Crippen LogP contribution in [0.1, 0.15) is 44.2 Å². The first-order chi connectivity index (χ1) is 9.42. The van der Waals surface area contributed by atoms with Crippen molar-refractivity contribution in [3.8, 4) is 0 Å². The van der Waals surface area contributed by atoms with Crippen LogP contribution in [0, 0.1) is 0 Å². The molecule has 1 atom stereocenters. The molecule has 2 fully saturated rings. The molecule has 0 bridgehead atoms. The highest BCUT2D eigenvalue weighted by atomic mass is 16.5. The minimum Gasteiger partial charge on any atom is -0.377 e. The highest BCUT2D eigenvalue weighted by molar-refractivity contribution is 5.04. The summed E-state index contributed by atoms with van der Waals surface area (Å²) in [5.41, 5.74) is 1.19. The zero-order valence-electron chi connectivity index (χ0n) is 11.6. The average molecular weight is 260 g/mol. The van der Waals surface area contributed by atoms with Gasteiger partial charge < -0.3 is 4.74 Å². The van der Waals surface area contributed by atoms with Gasteiger partial charge in [-0.15, -0.1) is 0 Å². The van der Waals surface area contributed by atoms with Crippen molar-refractivity contribution in [2.24, 2.45) is 0 Å². The Kier molecular flexibility index (Phi) is 4.46. The Hall–Kier alpha value is -0.930. The lowest BCUT2D eigenvalue weighted by Crippen LogP contribution is -2.38. The Labute approximate surface area is 116 Å². The largest absolute Gasteiger partial charge is 0.377 e. The lowest BCUT2D eigenvalue weighted by Gasteiger charge is -2.30. The Bertz CT molecular complexity index is 370. The first-order valence-electron chi connectivity index (χ1n) is 7.67. The van der Waals surface area contributed by atoms with Gasteiger partial charge in [0.2, 0.25) is 0 Å². The smallest absolute Gasteiger partial charge is 0.0703 e. The highest BCUT2D eigenvalue weighted by Gasteiger charge is 2.27. The number of hydrogen-bond donors (Lipinski definition) is 0. The molecule has 1 saturated carbocycles. The van der Waals surface area contributed by atoms with E-state index in [4.69, 9.17) is 4.74 Å². The molecule has 0 unspecified atom stereocenters. The molecule has 2 aliphatic rings. The van der Waals surface area contributed by atoms with E-state index in [1.165, 1.54) is 44.2 Å². The summed E-state index contributed by atoms with van der Waals surface area (Å²) in [5.74, 6) is 0. The summed E-state index contributed by atoms with van der Waals surface area (Å²) in [6, 6.07) is 6.95. The van der Waals surface area contributed by atoms with Crippen molar-refractivity contribution in [2.75, 3.05) is 13.2 Å². The first-order valence-corrected chi connectivity index (χ1v) is 7.67. The monoisotopic (exact) mass is 260 g/mol. The molecule has 2 heterocycles. The predicted octanol–water partition coefficient (Wildman–Crippen LogP) is 3.01. The van der Waals surface area contributed by atoms with E-state index < -0.39 is 0 Å². The van der Waals surface area contributed by atoms with Gasteiger partial charge in [0, 0.05) is 31.9 Å². The summed E-state index contributed by atoms with van der Waals surface area (Å²) in [7, 11) is 0. The van der Waals surface area contributed by atoms with Gasteiger partial charge in [0.25, 0.3) is 0 Å². The van der Waals surface area contributed by atoms with E-state index in [2.05, 4.69) is 22.0 Å². The van der Waals surface area contributed by atoms with Gasteiger partial charge in [0.05, 0.1) is 11.8 Å². The minimum atomic E-state index is 0.448. The Balaban J connectivity index is 1.64. The van der Waals surface area contributed by atoms with Crippen LogP contribution in [0.5, 0.6) is 0 Å². The lowest BCUT2D eigenvalue weighted by atomic mass is 10.1. The van der Waals surface area contributed by atoms with Crippen LogP contribution in [0.2, 0.25) is 0 Å². The first kappa shape index (κ1) is 13.1. The van der Waals surface area contributed by atoms with Crippen LogP contribution in [0.15, 0.2) is 24.4 Å². The summed E-state index contributed by atoms with van der Waals surface area (Å²) in [4.78, 5) is 7.10. The van der Waals surface area contributed by atoms with Gasteiger partial charge in [-0.05, 0) is 37.8 Å². The third kappa shape index (κ3) is 3.54. The molecule has 0 amide bonds. The molecule has 0 spiro atoms. The Morgan fingerprint density at radius 2 is 2.05 bits per heavy atom. The quantitative estimate of drug-likeness (QED) is 0.813. The summed E-state index contributed by atoms with van der Waals surface area (Å²) < 4.78 is 5.82. The van der Waals surface area contributed by atoms with Gasteiger partial charge in [-0.1, -0.05) is 18.9 Å². The standard InChI is InChI=1S/C16H24N2O/c1-2-8-15(7-1)18(13-16-9-5-11-19-16)12-14-6-3-4-10-17-14/h3-4,6,10,15-16H,1-2,5,7-9,11-13H2/t16-/m0/s1. The molecule has 1 aliphatic heterocycles. The van der Waals surface area contributed by atoms with Gasteiger partial charge in [-0.25, -0.2) is 0 Å². The van der Waals surface area contributed by atoms with Crippen LogP contribution >= 0.6 is 0 Å². The van der Waals surface area contributed by atoms with E-state index in [1.54, 1.807) is 0 Å². The van der Waals surface area contributed by atoms with E-state index in [9.17, 15) is 0 Å². The van der Waals surface area contributed by atoms with Crippen molar-refractivity contribution >= 4 is 0 Å². The second-order valence-electron chi connectivity index (χ2n) is 5.82. The summed E-state index contributed by atoms with van der Waals surface area (Å²) >= 11 is 0. The Morgan fingerprint density at radius 3 is 2.74 bits per heavy atom. The van der Waals surface area contributed by atoms with Crippen molar-refractivity contribution in [3.63, 3.8) is 0 Å². The second-order valence-corrected chi connectivity index (χ2v) is 5.82. The topological polar surface area (TPSA) is 25.4 Å². The molecule has 1 aromatic rings. The number of hydrogen-bond acceptors (Lipinski definition) is 3. The van der Waals surface area contributed by atoms with E-state index in [0.717, 1.165) is 25.7 Å². The third-order valence-corrected chi connectivity index (χ3v) is 4.39. The zero-order valence-corrected chi connectivity index (χ0v) is 11.6. The summed E-state index contributed by atoms with van der Waals surface area (Å²) in [6.45, 7) is 3.01. The van der Waals surface area contributed by atoms with Gasteiger partial charge in [-0.3, -0.25) is 9.88 Å². The molecule has 1 aromatic heterocycles. The normalized spacial score (nSPS) is 24.4. The molecule has 0 radical (unpaired) electrons. The summed E-state index contributed by atoms with van der Waals surface area (Å²) in [6.07, 6.45) is 10.3. The SMILES string of the molecule is c1ccc(CN(C[C@@H]2CCCO2)C2CCCC2)nc1. The molecule has 1 saturated heterocycles. The maximum absolute atomic E-state index is 5.82. The molecule has 1 aliphatic carbocycles. The van der Waals surface area contributed by atoms with Crippen molar-refractivity contribution in [1.82, 2.24) is 9.88 Å². The molecule has 3 rings (SSSR count). The number of pyridine rings is 1. The lowest BCUT2D eigenvalue weighted by molar-refractivity contribution is 0.0536. The van der Waals surface area contributed by atoms with Crippen molar-refractivity contribution in [3.05, 3.63) is 30.1 Å². The maximum atomic E-state index is 5.82. The molecular weight excluding hydrogens is 236 g/mol. The van der Waals surface area contributed by atoms with Crippen LogP contribution in [0.3, 0.4) is 0 Å². The molecular formula is C16H24N2O.